The van der Waals surface area contributed by atoms with Crippen molar-refractivity contribution in [1.82, 2.24) is 9.88 Å². The van der Waals surface area contributed by atoms with Gasteiger partial charge in [-0.25, -0.2) is 4.98 Å². The molecule has 142 valence electrons. The van der Waals surface area contributed by atoms with Gasteiger partial charge in [-0.2, -0.15) is 0 Å². The second kappa shape index (κ2) is 9.78. The summed E-state index contributed by atoms with van der Waals surface area (Å²) in [6, 6.07) is 11.7. The number of benzene rings is 1. The summed E-state index contributed by atoms with van der Waals surface area (Å²) in [6.45, 7) is 7.47. The Balaban J connectivity index is 1.50. The number of aromatic nitrogens is 1. The number of hydrogen-bond acceptors (Lipinski definition) is 5. The zero-order chi connectivity index (χ0) is 19.1. The Labute approximate surface area is 169 Å². The number of carbonyl (C=O) groups excluding carboxylic acids is 1. The lowest BCUT2D eigenvalue weighted by atomic mass is 10.3. The quantitative estimate of drug-likeness (QED) is 0.564. The van der Waals surface area contributed by atoms with Gasteiger partial charge in [0, 0.05) is 43.0 Å². The van der Waals surface area contributed by atoms with Crippen molar-refractivity contribution in [2.24, 2.45) is 0 Å². The van der Waals surface area contributed by atoms with Crippen LogP contribution in [-0.4, -0.2) is 54.3 Å². The van der Waals surface area contributed by atoms with Crippen molar-refractivity contribution in [1.29, 1.82) is 0 Å². The molecule has 0 saturated carbocycles. The van der Waals surface area contributed by atoms with Gasteiger partial charge in [0.2, 0.25) is 5.91 Å². The average molecular weight is 403 g/mol. The minimum Gasteiger partial charge on any atom is -0.354 e. The summed E-state index contributed by atoms with van der Waals surface area (Å²) in [5, 5.41) is 3.68. The maximum absolute atomic E-state index is 12.5. The highest BCUT2D eigenvalue weighted by atomic mass is 35.5. The van der Waals surface area contributed by atoms with Crippen molar-refractivity contribution >= 4 is 40.8 Å². The van der Waals surface area contributed by atoms with Gasteiger partial charge in [-0.3, -0.25) is 9.69 Å². The van der Waals surface area contributed by atoms with Crippen LogP contribution in [0.1, 0.15) is 0 Å². The van der Waals surface area contributed by atoms with E-state index in [-0.39, 0.29) is 5.91 Å². The Kier molecular flexibility index (Phi) is 7.15. The highest BCUT2D eigenvalue weighted by molar-refractivity contribution is 7.99. The largest absolute Gasteiger partial charge is 0.354 e. The van der Waals surface area contributed by atoms with E-state index in [0.717, 1.165) is 48.3 Å². The summed E-state index contributed by atoms with van der Waals surface area (Å²) in [7, 11) is 0. The molecular weight excluding hydrogens is 380 g/mol. The molecule has 5 nitrogen and oxygen atoms in total. The van der Waals surface area contributed by atoms with Crippen LogP contribution in [0.2, 0.25) is 5.02 Å². The van der Waals surface area contributed by atoms with E-state index in [9.17, 15) is 4.79 Å². The van der Waals surface area contributed by atoms with Crippen molar-refractivity contribution in [3.63, 3.8) is 0 Å². The first-order valence-corrected chi connectivity index (χ1v) is 10.2. The SMILES string of the molecule is C=CCSc1ccccc1NC(=O)CN1CCN(c2ccc(Cl)cn2)CC1. The van der Waals surface area contributed by atoms with Crippen LogP contribution in [0.15, 0.2) is 60.1 Å². The lowest BCUT2D eigenvalue weighted by molar-refractivity contribution is -0.117. The Morgan fingerprint density at radius 1 is 1.22 bits per heavy atom. The van der Waals surface area contributed by atoms with Crippen LogP contribution in [0.5, 0.6) is 0 Å². The number of rotatable bonds is 7. The molecule has 1 aliphatic heterocycles. The topological polar surface area (TPSA) is 48.5 Å². The molecule has 7 heteroatoms. The molecule has 1 amide bonds. The van der Waals surface area contributed by atoms with E-state index in [1.54, 1.807) is 18.0 Å². The molecule has 0 unspecified atom stereocenters. The predicted octanol–water partition coefficient (Wildman–Crippen LogP) is 3.77. The first kappa shape index (κ1) is 19.7. The van der Waals surface area contributed by atoms with Gasteiger partial charge in [-0.05, 0) is 24.3 Å². The van der Waals surface area contributed by atoms with Gasteiger partial charge in [-0.1, -0.05) is 29.8 Å². The normalized spacial score (nSPS) is 14.8. The molecule has 1 fully saturated rings. The Bertz CT molecular complexity index is 776. The molecule has 0 radical (unpaired) electrons. The molecule has 0 bridgehead atoms. The number of carbonyl (C=O) groups is 1. The number of para-hydroxylation sites is 1. The Hall–Kier alpha value is -2.02. The molecule has 27 heavy (non-hydrogen) atoms. The first-order valence-electron chi connectivity index (χ1n) is 8.87. The summed E-state index contributed by atoms with van der Waals surface area (Å²) in [5.74, 6) is 1.75. The highest BCUT2D eigenvalue weighted by Gasteiger charge is 2.20. The van der Waals surface area contributed by atoms with Crippen molar-refractivity contribution in [2.45, 2.75) is 4.90 Å². The third-order valence-corrected chi connectivity index (χ3v) is 5.59. The molecule has 0 spiro atoms. The Morgan fingerprint density at radius 2 is 2.00 bits per heavy atom. The van der Waals surface area contributed by atoms with Crippen molar-refractivity contribution < 1.29 is 4.79 Å². The van der Waals surface area contributed by atoms with Crippen LogP contribution in [-0.2, 0) is 4.79 Å². The number of nitrogens with zero attached hydrogens (tertiary/aromatic N) is 3. The summed E-state index contributed by atoms with van der Waals surface area (Å²) in [5.41, 5.74) is 0.860. The molecule has 1 aromatic carbocycles. The first-order chi connectivity index (χ1) is 13.2. The fraction of sp³-hybridized carbons (Fsp3) is 0.300. The summed E-state index contributed by atoms with van der Waals surface area (Å²) >= 11 is 7.56. The lowest BCUT2D eigenvalue weighted by Crippen LogP contribution is -2.48. The number of thioether (sulfide) groups is 1. The summed E-state index contributed by atoms with van der Waals surface area (Å²) in [4.78, 5) is 22.3. The van der Waals surface area contributed by atoms with E-state index in [1.807, 2.05) is 42.5 Å². The van der Waals surface area contributed by atoms with E-state index >= 15 is 0 Å². The molecule has 2 aromatic rings. The highest BCUT2D eigenvalue weighted by Crippen LogP contribution is 2.27. The molecule has 1 aliphatic rings. The fourth-order valence-corrected chi connectivity index (χ4v) is 3.79. The molecule has 0 atom stereocenters. The summed E-state index contributed by atoms with van der Waals surface area (Å²) < 4.78 is 0. The van der Waals surface area contributed by atoms with Crippen molar-refractivity contribution in [3.8, 4) is 0 Å². The fourth-order valence-electron chi connectivity index (χ4n) is 2.93. The average Bonchev–Trinajstić information content (AvgIpc) is 2.68. The monoisotopic (exact) mass is 402 g/mol. The van der Waals surface area contributed by atoms with Crippen molar-refractivity contribution in [3.05, 3.63) is 60.3 Å². The van der Waals surface area contributed by atoms with Gasteiger partial charge in [0.25, 0.3) is 0 Å². The number of piperazine rings is 1. The molecular formula is C20H23ClN4OS. The van der Waals surface area contributed by atoms with Crippen LogP contribution in [0.3, 0.4) is 0 Å². The van der Waals surface area contributed by atoms with Crippen LogP contribution in [0, 0.1) is 0 Å². The number of hydrogen-bond donors (Lipinski definition) is 1. The lowest BCUT2D eigenvalue weighted by Gasteiger charge is -2.35. The molecule has 0 aliphatic carbocycles. The smallest absolute Gasteiger partial charge is 0.238 e. The van der Waals surface area contributed by atoms with Crippen LogP contribution in [0.25, 0.3) is 0 Å². The van der Waals surface area contributed by atoms with E-state index in [1.165, 1.54) is 0 Å². The molecule has 2 heterocycles. The molecule has 1 aromatic heterocycles. The minimum absolute atomic E-state index is 0.0136. The molecule has 1 saturated heterocycles. The van der Waals surface area contributed by atoms with Gasteiger partial charge >= 0.3 is 0 Å². The third-order valence-electron chi connectivity index (χ3n) is 4.29. The molecule has 1 N–H and O–H groups in total. The van der Waals surface area contributed by atoms with Gasteiger partial charge in [0.1, 0.15) is 5.82 Å². The Morgan fingerprint density at radius 3 is 2.70 bits per heavy atom. The number of halogens is 1. The van der Waals surface area contributed by atoms with Crippen LogP contribution >= 0.6 is 23.4 Å². The number of pyridine rings is 1. The van der Waals surface area contributed by atoms with E-state index in [2.05, 4.69) is 26.7 Å². The maximum atomic E-state index is 12.5. The third kappa shape index (κ3) is 5.73. The minimum atomic E-state index is 0.0136. The van der Waals surface area contributed by atoms with Gasteiger partial charge in [0.05, 0.1) is 17.3 Å². The predicted molar refractivity (Wildman–Crippen MR) is 114 cm³/mol. The zero-order valence-electron chi connectivity index (χ0n) is 15.1. The number of amides is 1. The summed E-state index contributed by atoms with van der Waals surface area (Å²) in [6.07, 6.45) is 3.52. The number of anilines is 2. The molecule has 3 rings (SSSR count). The van der Waals surface area contributed by atoms with Gasteiger partial charge < -0.3 is 10.2 Å². The maximum Gasteiger partial charge on any atom is 0.238 e. The van der Waals surface area contributed by atoms with E-state index in [4.69, 9.17) is 11.6 Å². The number of nitrogens with one attached hydrogen (secondary N) is 1. The van der Waals surface area contributed by atoms with Crippen molar-refractivity contribution in [2.75, 3.05) is 48.7 Å². The standard InChI is InChI=1S/C20H23ClN4OS/c1-2-13-27-18-6-4-3-5-17(18)23-20(26)15-24-9-11-25(12-10-24)19-8-7-16(21)14-22-19/h2-8,14H,1,9-13,15H2,(H,23,26). The van der Waals surface area contributed by atoms with Crippen LogP contribution < -0.4 is 10.2 Å². The van der Waals surface area contributed by atoms with Gasteiger partial charge in [0.15, 0.2) is 0 Å². The second-order valence-electron chi connectivity index (χ2n) is 6.24. The van der Waals surface area contributed by atoms with Crippen LogP contribution in [0.4, 0.5) is 11.5 Å². The zero-order valence-corrected chi connectivity index (χ0v) is 16.7. The van der Waals surface area contributed by atoms with Gasteiger partial charge in [-0.15, -0.1) is 18.3 Å². The van der Waals surface area contributed by atoms with E-state index in [0.29, 0.717) is 11.6 Å². The second-order valence-corrected chi connectivity index (χ2v) is 7.74. The van der Waals surface area contributed by atoms with E-state index < -0.39 is 0 Å².